The van der Waals surface area contributed by atoms with E-state index in [2.05, 4.69) is 10.1 Å². The lowest BCUT2D eigenvalue weighted by molar-refractivity contribution is 0.466. The van der Waals surface area contributed by atoms with E-state index in [1.54, 1.807) is 25.5 Å². The number of aryl methyl sites for hydroxylation is 1. The average molecular weight is 266 g/mol. The fourth-order valence-corrected chi connectivity index (χ4v) is 2.69. The molecule has 0 spiro atoms. The summed E-state index contributed by atoms with van der Waals surface area (Å²) in [5.74, 6) is 0. The van der Waals surface area contributed by atoms with E-state index < -0.39 is 10.0 Å². The van der Waals surface area contributed by atoms with Crippen molar-refractivity contribution in [3.05, 3.63) is 42.5 Å². The molecule has 0 radical (unpaired) electrons. The third kappa shape index (κ3) is 2.57. The van der Waals surface area contributed by atoms with Crippen LogP contribution in [0, 0.1) is 0 Å². The molecule has 0 fully saturated rings. The van der Waals surface area contributed by atoms with Crippen molar-refractivity contribution in [3.63, 3.8) is 0 Å². The third-order valence-corrected chi connectivity index (χ3v) is 4.27. The molecule has 2 rings (SSSR count). The van der Waals surface area contributed by atoms with Crippen LogP contribution in [0.4, 0.5) is 0 Å². The van der Waals surface area contributed by atoms with Crippen LogP contribution in [0.3, 0.4) is 0 Å². The van der Waals surface area contributed by atoms with Crippen LogP contribution in [0.25, 0.3) is 0 Å². The van der Waals surface area contributed by atoms with Gasteiger partial charge in [-0.1, -0.05) is 6.07 Å². The summed E-state index contributed by atoms with van der Waals surface area (Å²) in [7, 11) is -0.276. The summed E-state index contributed by atoms with van der Waals surface area (Å²) in [5, 5.41) is 3.87. The molecule has 18 heavy (non-hydrogen) atoms. The maximum atomic E-state index is 12.2. The number of nitrogens with zero attached hydrogens (tertiary/aromatic N) is 4. The molecule has 0 aliphatic heterocycles. The molecule has 0 N–H and O–H groups in total. The summed E-state index contributed by atoms with van der Waals surface area (Å²) in [6.45, 7) is 0.283. The van der Waals surface area contributed by atoms with Gasteiger partial charge in [-0.3, -0.25) is 9.67 Å². The molecule has 2 aromatic heterocycles. The van der Waals surface area contributed by atoms with Crippen LogP contribution in [0.15, 0.2) is 41.8 Å². The van der Waals surface area contributed by atoms with Gasteiger partial charge in [0.05, 0.1) is 6.20 Å². The van der Waals surface area contributed by atoms with Crippen LogP contribution in [-0.2, 0) is 23.6 Å². The van der Waals surface area contributed by atoms with Gasteiger partial charge in [-0.15, -0.1) is 0 Å². The monoisotopic (exact) mass is 266 g/mol. The SMILES string of the molecule is CN(Cc1cccnc1)S(=O)(=O)c1cnn(C)c1. The highest BCUT2D eigenvalue weighted by Gasteiger charge is 2.22. The van der Waals surface area contributed by atoms with Gasteiger partial charge in [0.15, 0.2) is 0 Å². The van der Waals surface area contributed by atoms with Crippen molar-refractivity contribution in [1.29, 1.82) is 0 Å². The van der Waals surface area contributed by atoms with Crippen molar-refractivity contribution in [2.75, 3.05) is 7.05 Å². The molecule has 2 heterocycles. The normalized spacial score (nSPS) is 11.9. The molecule has 6 nitrogen and oxygen atoms in total. The van der Waals surface area contributed by atoms with Gasteiger partial charge in [0.25, 0.3) is 0 Å². The number of pyridine rings is 1. The summed E-state index contributed by atoms with van der Waals surface area (Å²) in [6, 6.07) is 3.61. The summed E-state index contributed by atoms with van der Waals surface area (Å²) in [6.07, 6.45) is 6.12. The minimum atomic E-state index is -3.49. The predicted octanol–water partition coefficient (Wildman–Crippen LogP) is 0.636. The first kappa shape index (κ1) is 12.7. The summed E-state index contributed by atoms with van der Waals surface area (Å²) < 4.78 is 27.1. The van der Waals surface area contributed by atoms with Crippen molar-refractivity contribution in [2.24, 2.45) is 7.05 Å². The zero-order valence-electron chi connectivity index (χ0n) is 10.2. The summed E-state index contributed by atoms with van der Waals surface area (Å²) >= 11 is 0. The van der Waals surface area contributed by atoms with Crippen molar-refractivity contribution >= 4 is 10.0 Å². The third-order valence-electron chi connectivity index (χ3n) is 2.52. The van der Waals surface area contributed by atoms with E-state index in [0.717, 1.165) is 5.56 Å². The first-order chi connectivity index (χ1) is 8.50. The second-order valence-corrected chi connectivity index (χ2v) is 6.02. The highest BCUT2D eigenvalue weighted by Crippen LogP contribution is 2.15. The number of hydrogen-bond donors (Lipinski definition) is 0. The summed E-state index contributed by atoms with van der Waals surface area (Å²) in [4.78, 5) is 4.15. The first-order valence-electron chi connectivity index (χ1n) is 5.34. The van der Waals surface area contributed by atoms with E-state index >= 15 is 0 Å². The lowest BCUT2D eigenvalue weighted by atomic mass is 10.3. The van der Waals surface area contributed by atoms with Crippen molar-refractivity contribution in [1.82, 2.24) is 19.1 Å². The largest absolute Gasteiger partial charge is 0.274 e. The Kier molecular flexibility index (Phi) is 3.44. The molecule has 0 amide bonds. The smallest absolute Gasteiger partial charge is 0.246 e. The van der Waals surface area contributed by atoms with Crippen molar-refractivity contribution < 1.29 is 8.42 Å². The number of hydrogen-bond acceptors (Lipinski definition) is 4. The Morgan fingerprint density at radius 1 is 1.39 bits per heavy atom. The maximum absolute atomic E-state index is 12.2. The topological polar surface area (TPSA) is 68.1 Å². The van der Waals surface area contributed by atoms with Crippen LogP contribution < -0.4 is 0 Å². The fourth-order valence-electron chi connectivity index (χ4n) is 1.55. The zero-order chi connectivity index (χ0) is 13.2. The molecule has 0 unspecified atom stereocenters. The minimum absolute atomic E-state index is 0.191. The molecule has 0 aliphatic carbocycles. The molecule has 96 valence electrons. The van der Waals surface area contributed by atoms with E-state index in [-0.39, 0.29) is 11.4 Å². The van der Waals surface area contributed by atoms with E-state index in [0.29, 0.717) is 0 Å². The van der Waals surface area contributed by atoms with E-state index in [9.17, 15) is 8.42 Å². The van der Waals surface area contributed by atoms with Crippen LogP contribution in [0.5, 0.6) is 0 Å². The van der Waals surface area contributed by atoms with Gasteiger partial charge >= 0.3 is 0 Å². The van der Waals surface area contributed by atoms with Gasteiger partial charge in [0.2, 0.25) is 10.0 Å². The average Bonchev–Trinajstić information content (AvgIpc) is 2.78. The van der Waals surface area contributed by atoms with Crippen LogP contribution in [0.1, 0.15) is 5.56 Å². The molecule has 2 aromatic rings. The molecule has 7 heteroatoms. The van der Waals surface area contributed by atoms with Crippen LogP contribution in [-0.4, -0.2) is 34.5 Å². The minimum Gasteiger partial charge on any atom is -0.274 e. The van der Waals surface area contributed by atoms with Gasteiger partial charge in [-0.25, -0.2) is 8.42 Å². The molecule has 0 bridgehead atoms. The standard InChI is InChI=1S/C11H14N4O2S/c1-14-9-11(7-13-14)18(16,17)15(2)8-10-4-3-5-12-6-10/h3-7,9H,8H2,1-2H3. The van der Waals surface area contributed by atoms with Gasteiger partial charge in [0, 0.05) is 39.2 Å². The van der Waals surface area contributed by atoms with Crippen molar-refractivity contribution in [3.8, 4) is 0 Å². The van der Waals surface area contributed by atoms with Gasteiger partial charge < -0.3 is 0 Å². The number of sulfonamides is 1. The van der Waals surface area contributed by atoms with Crippen molar-refractivity contribution in [2.45, 2.75) is 11.4 Å². The Labute approximate surface area is 106 Å². The molecule has 0 aliphatic rings. The predicted molar refractivity (Wildman–Crippen MR) is 66.1 cm³/mol. The Bertz CT molecular complexity index is 622. The highest BCUT2D eigenvalue weighted by atomic mass is 32.2. The highest BCUT2D eigenvalue weighted by molar-refractivity contribution is 7.89. The first-order valence-corrected chi connectivity index (χ1v) is 6.78. The van der Waals surface area contributed by atoms with E-state index in [1.807, 2.05) is 6.07 Å². The van der Waals surface area contributed by atoms with E-state index in [1.165, 1.54) is 28.4 Å². The Morgan fingerprint density at radius 2 is 2.17 bits per heavy atom. The molecular weight excluding hydrogens is 252 g/mol. The van der Waals surface area contributed by atoms with E-state index in [4.69, 9.17) is 0 Å². The fraction of sp³-hybridized carbons (Fsp3) is 0.273. The maximum Gasteiger partial charge on any atom is 0.246 e. The number of rotatable bonds is 4. The lowest BCUT2D eigenvalue weighted by Gasteiger charge is -2.15. The molecule has 0 atom stereocenters. The Balaban J connectivity index is 2.21. The molecule has 0 saturated heterocycles. The molecular formula is C11H14N4O2S. The second kappa shape index (κ2) is 4.87. The quantitative estimate of drug-likeness (QED) is 0.814. The Hall–Kier alpha value is -1.73. The molecule has 0 saturated carbocycles. The van der Waals surface area contributed by atoms with Gasteiger partial charge in [-0.05, 0) is 11.6 Å². The molecule has 0 aromatic carbocycles. The van der Waals surface area contributed by atoms with Crippen LogP contribution in [0.2, 0.25) is 0 Å². The number of aromatic nitrogens is 3. The van der Waals surface area contributed by atoms with Gasteiger partial charge in [-0.2, -0.15) is 9.40 Å². The second-order valence-electron chi connectivity index (χ2n) is 3.97. The summed E-state index contributed by atoms with van der Waals surface area (Å²) in [5.41, 5.74) is 0.840. The van der Waals surface area contributed by atoms with Crippen LogP contribution >= 0.6 is 0 Å². The van der Waals surface area contributed by atoms with Gasteiger partial charge in [0.1, 0.15) is 4.90 Å². The zero-order valence-corrected chi connectivity index (χ0v) is 11.0. The Morgan fingerprint density at radius 3 is 2.72 bits per heavy atom. The lowest BCUT2D eigenvalue weighted by Crippen LogP contribution is -2.26.